The number of nitrogens with one attached hydrogen (secondary N) is 1. The van der Waals surface area contributed by atoms with Crippen LogP contribution in [0.3, 0.4) is 0 Å². The zero-order valence-corrected chi connectivity index (χ0v) is 16.9. The molecule has 156 valence electrons. The van der Waals surface area contributed by atoms with E-state index in [-0.39, 0.29) is 5.69 Å². The van der Waals surface area contributed by atoms with Gasteiger partial charge in [-0.1, -0.05) is 30.3 Å². The molecule has 0 atom stereocenters. The predicted octanol–water partition coefficient (Wildman–Crippen LogP) is 5.20. The number of amides is 1. The van der Waals surface area contributed by atoms with E-state index < -0.39 is 17.5 Å². The Morgan fingerprint density at radius 3 is 2.58 bits per heavy atom. The number of aromatic nitrogens is 3. The Morgan fingerprint density at radius 1 is 1.10 bits per heavy atom. The molecule has 7 heteroatoms. The highest BCUT2D eigenvalue weighted by Crippen LogP contribution is 2.40. The Hall–Kier alpha value is -3.61. The van der Waals surface area contributed by atoms with Crippen molar-refractivity contribution in [3.8, 4) is 0 Å². The summed E-state index contributed by atoms with van der Waals surface area (Å²) in [5.74, 6) is -2.04. The molecule has 0 spiro atoms. The zero-order chi connectivity index (χ0) is 21.5. The van der Waals surface area contributed by atoms with Gasteiger partial charge < -0.3 is 5.32 Å². The van der Waals surface area contributed by atoms with Crippen molar-refractivity contribution in [2.45, 2.75) is 32.2 Å². The fourth-order valence-electron chi connectivity index (χ4n) is 3.78. The average molecular weight is 418 g/mol. The van der Waals surface area contributed by atoms with E-state index in [1.807, 2.05) is 41.9 Å². The third-order valence-corrected chi connectivity index (χ3v) is 5.49. The van der Waals surface area contributed by atoms with Crippen molar-refractivity contribution >= 4 is 22.6 Å². The van der Waals surface area contributed by atoms with E-state index >= 15 is 0 Å². The number of nitrogens with zero attached hydrogens (tertiary/aromatic N) is 3. The minimum absolute atomic E-state index is 0.191. The normalized spacial score (nSPS) is 13.5. The molecule has 1 aliphatic carbocycles. The lowest BCUT2D eigenvalue weighted by Gasteiger charge is -2.10. The van der Waals surface area contributed by atoms with Crippen LogP contribution in [0.25, 0.3) is 11.0 Å². The standard InChI is InChI=1S/C24H20F2N4O/c1-14-22-18(24(31)27-17-9-10-19(25)20(26)11-17)12-21(16-7-8-16)28-23(22)30(29-14)13-15-5-3-2-4-6-15/h2-6,9-12,16H,7-8,13H2,1H3,(H,27,31). The highest BCUT2D eigenvalue weighted by Gasteiger charge is 2.29. The van der Waals surface area contributed by atoms with E-state index in [2.05, 4.69) is 10.4 Å². The third-order valence-electron chi connectivity index (χ3n) is 5.49. The second kappa shape index (κ2) is 7.58. The van der Waals surface area contributed by atoms with Gasteiger partial charge in [0, 0.05) is 23.4 Å². The molecule has 1 amide bonds. The molecule has 1 saturated carbocycles. The molecule has 31 heavy (non-hydrogen) atoms. The minimum Gasteiger partial charge on any atom is -0.322 e. The highest BCUT2D eigenvalue weighted by molar-refractivity contribution is 6.12. The summed E-state index contributed by atoms with van der Waals surface area (Å²) >= 11 is 0. The van der Waals surface area contributed by atoms with Crippen LogP contribution in [-0.4, -0.2) is 20.7 Å². The van der Waals surface area contributed by atoms with Crippen LogP contribution in [0.15, 0.2) is 54.6 Å². The van der Waals surface area contributed by atoms with Crippen LogP contribution >= 0.6 is 0 Å². The minimum atomic E-state index is -1.01. The third kappa shape index (κ3) is 3.79. The zero-order valence-electron chi connectivity index (χ0n) is 16.9. The van der Waals surface area contributed by atoms with Gasteiger partial charge in [0.1, 0.15) is 0 Å². The Balaban J connectivity index is 1.58. The molecule has 1 aliphatic rings. The second-order valence-electron chi connectivity index (χ2n) is 7.88. The molecule has 5 rings (SSSR count). The summed E-state index contributed by atoms with van der Waals surface area (Å²) in [7, 11) is 0. The van der Waals surface area contributed by atoms with Crippen molar-refractivity contribution in [2.75, 3.05) is 5.32 Å². The number of aryl methyl sites for hydroxylation is 1. The molecule has 2 aromatic heterocycles. The summed E-state index contributed by atoms with van der Waals surface area (Å²) < 4.78 is 28.7. The number of rotatable bonds is 5. The topological polar surface area (TPSA) is 59.8 Å². The Bertz CT molecular complexity index is 1300. The van der Waals surface area contributed by atoms with E-state index in [0.29, 0.717) is 34.8 Å². The van der Waals surface area contributed by atoms with Crippen LogP contribution in [0.1, 0.15) is 46.1 Å². The number of anilines is 1. The molecule has 0 bridgehead atoms. The molecule has 0 aliphatic heterocycles. The summed E-state index contributed by atoms with van der Waals surface area (Å²) in [6.07, 6.45) is 2.07. The van der Waals surface area contributed by atoms with E-state index in [0.717, 1.165) is 36.2 Å². The van der Waals surface area contributed by atoms with Gasteiger partial charge in [-0.15, -0.1) is 0 Å². The summed E-state index contributed by atoms with van der Waals surface area (Å²) in [5.41, 5.74) is 3.91. The highest BCUT2D eigenvalue weighted by atomic mass is 19.2. The first-order chi connectivity index (χ1) is 15.0. The predicted molar refractivity (Wildman–Crippen MR) is 114 cm³/mol. The first kappa shape index (κ1) is 19.4. The van der Waals surface area contributed by atoms with Gasteiger partial charge in [0.15, 0.2) is 17.3 Å². The number of halogens is 2. The molecule has 1 fully saturated rings. The lowest BCUT2D eigenvalue weighted by atomic mass is 10.1. The van der Waals surface area contributed by atoms with Gasteiger partial charge in [0.2, 0.25) is 0 Å². The SMILES string of the molecule is Cc1nn(Cc2ccccc2)c2nc(C3CC3)cc(C(=O)Nc3ccc(F)c(F)c3)c12. The van der Waals surface area contributed by atoms with Gasteiger partial charge in [-0.05, 0) is 43.5 Å². The fourth-order valence-corrected chi connectivity index (χ4v) is 3.78. The van der Waals surface area contributed by atoms with Crippen LogP contribution < -0.4 is 5.32 Å². The van der Waals surface area contributed by atoms with Crippen LogP contribution in [0.5, 0.6) is 0 Å². The van der Waals surface area contributed by atoms with Gasteiger partial charge in [-0.2, -0.15) is 5.10 Å². The van der Waals surface area contributed by atoms with E-state index in [9.17, 15) is 13.6 Å². The Labute approximate surface area is 177 Å². The summed E-state index contributed by atoms with van der Waals surface area (Å²) in [6.45, 7) is 2.38. The molecule has 1 N–H and O–H groups in total. The van der Waals surface area contributed by atoms with Gasteiger partial charge in [-0.25, -0.2) is 18.4 Å². The fraction of sp³-hybridized carbons (Fsp3) is 0.208. The summed E-state index contributed by atoms with van der Waals surface area (Å²) in [6, 6.07) is 15.0. The van der Waals surface area contributed by atoms with E-state index in [1.165, 1.54) is 6.07 Å². The van der Waals surface area contributed by atoms with Crippen LogP contribution in [0.2, 0.25) is 0 Å². The molecular formula is C24H20F2N4O. The molecule has 0 saturated heterocycles. The number of carbonyl (C=O) groups excluding carboxylic acids is 1. The number of fused-ring (bicyclic) bond motifs is 1. The molecule has 0 radical (unpaired) electrons. The molecule has 2 heterocycles. The van der Waals surface area contributed by atoms with E-state index in [4.69, 9.17) is 4.98 Å². The number of benzene rings is 2. The molecule has 4 aromatic rings. The van der Waals surface area contributed by atoms with Gasteiger partial charge in [0.05, 0.1) is 23.2 Å². The largest absolute Gasteiger partial charge is 0.322 e. The van der Waals surface area contributed by atoms with Gasteiger partial charge in [-0.3, -0.25) is 4.79 Å². The van der Waals surface area contributed by atoms with Crippen molar-refractivity contribution in [3.63, 3.8) is 0 Å². The smallest absolute Gasteiger partial charge is 0.256 e. The van der Waals surface area contributed by atoms with Crippen LogP contribution in [-0.2, 0) is 6.54 Å². The van der Waals surface area contributed by atoms with Crippen molar-refractivity contribution < 1.29 is 13.6 Å². The van der Waals surface area contributed by atoms with E-state index in [1.54, 1.807) is 6.07 Å². The van der Waals surface area contributed by atoms with Crippen molar-refractivity contribution in [3.05, 3.63) is 88.7 Å². The summed E-state index contributed by atoms with van der Waals surface area (Å²) in [4.78, 5) is 18.0. The Kier molecular flexibility index (Phi) is 4.73. The maximum absolute atomic E-state index is 13.6. The Morgan fingerprint density at radius 2 is 1.87 bits per heavy atom. The van der Waals surface area contributed by atoms with Crippen molar-refractivity contribution in [1.29, 1.82) is 0 Å². The first-order valence-electron chi connectivity index (χ1n) is 10.2. The quantitative estimate of drug-likeness (QED) is 0.485. The molecular weight excluding hydrogens is 398 g/mol. The van der Waals surface area contributed by atoms with Crippen molar-refractivity contribution in [2.24, 2.45) is 0 Å². The van der Waals surface area contributed by atoms with Crippen molar-refractivity contribution in [1.82, 2.24) is 14.8 Å². The van der Waals surface area contributed by atoms with Crippen LogP contribution in [0.4, 0.5) is 14.5 Å². The molecule has 5 nitrogen and oxygen atoms in total. The van der Waals surface area contributed by atoms with Gasteiger partial charge in [0.25, 0.3) is 5.91 Å². The number of hydrogen-bond acceptors (Lipinski definition) is 3. The van der Waals surface area contributed by atoms with Crippen LogP contribution in [0, 0.1) is 18.6 Å². The lowest BCUT2D eigenvalue weighted by molar-refractivity contribution is 0.102. The summed E-state index contributed by atoms with van der Waals surface area (Å²) in [5, 5.41) is 7.99. The number of hydrogen-bond donors (Lipinski definition) is 1. The first-order valence-corrected chi connectivity index (χ1v) is 10.2. The number of carbonyl (C=O) groups is 1. The molecule has 2 aromatic carbocycles. The number of pyridine rings is 1. The monoisotopic (exact) mass is 418 g/mol. The average Bonchev–Trinajstić information content (AvgIpc) is 3.56. The molecule has 0 unspecified atom stereocenters. The lowest BCUT2D eigenvalue weighted by Crippen LogP contribution is -2.14. The maximum Gasteiger partial charge on any atom is 0.256 e. The van der Waals surface area contributed by atoms with Gasteiger partial charge >= 0.3 is 0 Å². The maximum atomic E-state index is 13.6. The second-order valence-corrected chi connectivity index (χ2v) is 7.88.